The molecule has 1 aromatic carbocycles. The molecule has 0 spiro atoms. The van der Waals surface area contributed by atoms with Crippen LogP contribution in [0.3, 0.4) is 0 Å². The summed E-state index contributed by atoms with van der Waals surface area (Å²) in [5, 5.41) is 9.98. The molecule has 0 radical (unpaired) electrons. The molecule has 0 aliphatic heterocycles. The van der Waals surface area contributed by atoms with Crippen molar-refractivity contribution in [3.8, 4) is 0 Å². The van der Waals surface area contributed by atoms with Crippen LogP contribution < -0.4 is 16.0 Å². The Morgan fingerprint density at radius 3 is 1.67 bits per heavy atom. The van der Waals surface area contributed by atoms with Gasteiger partial charge in [-0.05, 0) is 36.8 Å². The molecule has 45 heavy (non-hydrogen) atoms. The van der Waals surface area contributed by atoms with Gasteiger partial charge >= 0.3 is 0 Å². The van der Waals surface area contributed by atoms with E-state index >= 15 is 0 Å². The maximum Gasteiger partial charge on any atom is 0.262 e. The monoisotopic (exact) mass is 641 g/mol. The van der Waals surface area contributed by atoms with E-state index in [4.69, 9.17) is 0 Å². The van der Waals surface area contributed by atoms with Crippen molar-refractivity contribution < 1.29 is 14.4 Å². The van der Waals surface area contributed by atoms with E-state index in [1.54, 1.807) is 0 Å². The van der Waals surface area contributed by atoms with Crippen molar-refractivity contribution >= 4 is 39.1 Å². The molecule has 0 aliphatic carbocycles. The first-order chi connectivity index (χ1) is 22.0. The fourth-order valence-corrected chi connectivity index (χ4v) is 6.71. The molecule has 0 saturated heterocycles. The van der Waals surface area contributed by atoms with Gasteiger partial charge < -0.3 is 16.0 Å². The van der Waals surface area contributed by atoms with Crippen molar-refractivity contribution in [1.29, 1.82) is 0 Å². The third-order valence-electron chi connectivity index (χ3n) is 8.61. The van der Waals surface area contributed by atoms with E-state index in [9.17, 15) is 14.4 Å². The fourth-order valence-electron chi connectivity index (χ4n) is 5.74. The summed E-state index contributed by atoms with van der Waals surface area (Å²) in [6, 6.07) is 9.01. The minimum absolute atomic E-state index is 0.0606. The van der Waals surface area contributed by atoms with E-state index in [1.807, 2.05) is 30.3 Å². The van der Waals surface area contributed by atoms with Gasteiger partial charge in [-0.15, -0.1) is 11.3 Å². The number of hydrogen-bond donors (Lipinski definition) is 3. The van der Waals surface area contributed by atoms with Gasteiger partial charge in [0, 0.05) is 24.2 Å². The van der Waals surface area contributed by atoms with Gasteiger partial charge in [0.1, 0.15) is 6.04 Å². The first kappa shape index (κ1) is 38.8. The summed E-state index contributed by atoms with van der Waals surface area (Å²) in [4.78, 5) is 39.5. The number of thiophene rings is 1. The molecule has 6 nitrogen and oxygen atoms in total. The average Bonchev–Trinajstić information content (AvgIpc) is 3.49. The lowest BCUT2D eigenvalue weighted by molar-refractivity contribution is -0.124. The Morgan fingerprint density at radius 1 is 0.644 bits per heavy atom. The van der Waals surface area contributed by atoms with Gasteiger partial charge in [0.05, 0.1) is 4.88 Å². The van der Waals surface area contributed by atoms with Gasteiger partial charge in [-0.1, -0.05) is 148 Å². The quantitative estimate of drug-likeness (QED) is 0.0808. The highest BCUT2D eigenvalue weighted by atomic mass is 32.1. The zero-order chi connectivity index (χ0) is 32.4. The summed E-state index contributed by atoms with van der Waals surface area (Å²) < 4.78 is 1.04. The van der Waals surface area contributed by atoms with E-state index in [0.717, 1.165) is 35.8 Å². The molecule has 2 aromatic rings. The van der Waals surface area contributed by atoms with Crippen LogP contribution >= 0.6 is 11.3 Å². The van der Waals surface area contributed by atoms with Gasteiger partial charge in [-0.25, -0.2) is 0 Å². The summed E-state index contributed by atoms with van der Waals surface area (Å²) in [6.45, 7) is 5.76. The molecule has 1 atom stereocenters. The zero-order valence-electron chi connectivity index (χ0n) is 28.6. The largest absolute Gasteiger partial charge is 0.356 e. The van der Waals surface area contributed by atoms with Crippen LogP contribution in [-0.4, -0.2) is 36.9 Å². The first-order valence-corrected chi connectivity index (χ1v) is 19.2. The van der Waals surface area contributed by atoms with Gasteiger partial charge in [0.2, 0.25) is 11.8 Å². The van der Waals surface area contributed by atoms with Crippen molar-refractivity contribution in [2.45, 2.75) is 161 Å². The summed E-state index contributed by atoms with van der Waals surface area (Å²) in [6.07, 6.45) is 25.5. The smallest absolute Gasteiger partial charge is 0.262 e. The topological polar surface area (TPSA) is 87.3 Å². The van der Waals surface area contributed by atoms with E-state index in [2.05, 4.69) is 29.8 Å². The van der Waals surface area contributed by atoms with E-state index < -0.39 is 6.04 Å². The minimum Gasteiger partial charge on any atom is -0.356 e. The van der Waals surface area contributed by atoms with Gasteiger partial charge in [0.15, 0.2) is 0 Å². The predicted molar refractivity (Wildman–Crippen MR) is 192 cm³/mol. The molecule has 0 fully saturated rings. The Morgan fingerprint density at radius 2 is 1.13 bits per heavy atom. The second kappa shape index (κ2) is 25.7. The second-order valence-corrected chi connectivity index (χ2v) is 13.8. The van der Waals surface area contributed by atoms with Crippen LogP contribution in [0.1, 0.15) is 165 Å². The molecule has 0 aliphatic rings. The van der Waals surface area contributed by atoms with Crippen molar-refractivity contribution in [3.05, 3.63) is 35.2 Å². The van der Waals surface area contributed by atoms with Crippen LogP contribution in [0.2, 0.25) is 0 Å². The fraction of sp³-hybridized carbons (Fsp3) is 0.711. The normalized spacial score (nSPS) is 11.9. The Hall–Kier alpha value is -2.41. The number of rotatable bonds is 28. The van der Waals surface area contributed by atoms with E-state index in [0.29, 0.717) is 18.0 Å². The van der Waals surface area contributed by atoms with Crippen molar-refractivity contribution in [2.75, 3.05) is 13.1 Å². The molecule has 3 N–H and O–H groups in total. The molecule has 1 heterocycles. The molecule has 0 saturated carbocycles. The average molecular weight is 642 g/mol. The molecule has 7 heteroatoms. The molecule has 2 rings (SSSR count). The number of benzene rings is 1. The van der Waals surface area contributed by atoms with Gasteiger partial charge in [-0.2, -0.15) is 0 Å². The molecule has 1 unspecified atom stereocenters. The summed E-state index contributed by atoms with van der Waals surface area (Å²) in [7, 11) is 0. The SMILES string of the molecule is CCCCCCCCCCCCNC(=O)CCC(NC(=O)c1cc2ccccc2s1)C(=O)NCCCCCCCCCCCC. The predicted octanol–water partition coefficient (Wildman–Crippen LogP) is 9.85. The van der Waals surface area contributed by atoms with E-state index in [1.165, 1.54) is 114 Å². The van der Waals surface area contributed by atoms with Crippen LogP contribution in [0.5, 0.6) is 0 Å². The van der Waals surface area contributed by atoms with Gasteiger partial charge in [-0.3, -0.25) is 14.4 Å². The number of hydrogen-bond acceptors (Lipinski definition) is 4. The van der Waals surface area contributed by atoms with Crippen molar-refractivity contribution in [2.24, 2.45) is 0 Å². The number of carbonyl (C=O) groups is 3. The molecule has 0 bridgehead atoms. The Balaban J connectivity index is 1.71. The van der Waals surface area contributed by atoms with Crippen molar-refractivity contribution in [1.82, 2.24) is 16.0 Å². The molecular formula is C38H63N3O3S. The minimum atomic E-state index is -0.742. The maximum atomic E-state index is 13.2. The molecule has 254 valence electrons. The van der Waals surface area contributed by atoms with E-state index in [-0.39, 0.29) is 30.6 Å². The Labute approximate surface area is 278 Å². The van der Waals surface area contributed by atoms with Crippen LogP contribution in [0.25, 0.3) is 10.1 Å². The first-order valence-electron chi connectivity index (χ1n) is 18.4. The summed E-state index contributed by atoms with van der Waals surface area (Å²) in [5.41, 5.74) is 0. The van der Waals surface area contributed by atoms with Crippen molar-refractivity contribution in [3.63, 3.8) is 0 Å². The van der Waals surface area contributed by atoms with Crippen LogP contribution in [0.4, 0.5) is 0 Å². The van der Waals surface area contributed by atoms with Crippen LogP contribution in [0.15, 0.2) is 30.3 Å². The standard InChI is InChI=1S/C38H63N3O3S/c1-3-5-7-9-11-13-15-17-19-23-29-39-36(42)28-27-33(41-38(44)35-31-32-25-21-22-26-34(32)45-35)37(43)40-30-24-20-18-16-14-12-10-8-6-4-2/h21-22,25-26,31,33H,3-20,23-24,27-30H2,1-2H3,(H,39,42)(H,40,43)(H,41,44). The third-order valence-corrected chi connectivity index (χ3v) is 9.73. The Bertz CT molecular complexity index is 1040. The lowest BCUT2D eigenvalue weighted by atomic mass is 10.1. The highest BCUT2D eigenvalue weighted by molar-refractivity contribution is 7.20. The second-order valence-electron chi connectivity index (χ2n) is 12.7. The maximum absolute atomic E-state index is 13.2. The molecule has 1 aromatic heterocycles. The lowest BCUT2D eigenvalue weighted by Crippen LogP contribution is -2.47. The Kier molecular flexibility index (Phi) is 22.2. The zero-order valence-corrected chi connectivity index (χ0v) is 29.4. The van der Waals surface area contributed by atoms with Gasteiger partial charge in [0.25, 0.3) is 5.91 Å². The van der Waals surface area contributed by atoms with Crippen LogP contribution in [-0.2, 0) is 9.59 Å². The number of fused-ring (bicyclic) bond motifs is 1. The molecule has 3 amide bonds. The molecular weight excluding hydrogens is 579 g/mol. The van der Waals surface area contributed by atoms with Crippen LogP contribution in [0, 0.1) is 0 Å². The third kappa shape index (κ3) is 18.4. The highest BCUT2D eigenvalue weighted by Gasteiger charge is 2.23. The highest BCUT2D eigenvalue weighted by Crippen LogP contribution is 2.25. The summed E-state index contributed by atoms with van der Waals surface area (Å²) >= 11 is 1.42. The number of unbranched alkanes of at least 4 members (excludes halogenated alkanes) is 18. The number of amides is 3. The lowest BCUT2D eigenvalue weighted by Gasteiger charge is -2.18. The number of carbonyl (C=O) groups excluding carboxylic acids is 3. The summed E-state index contributed by atoms with van der Waals surface area (Å²) in [5.74, 6) is -0.529. The number of nitrogens with one attached hydrogen (secondary N) is 3.